The van der Waals surface area contributed by atoms with E-state index in [1.54, 1.807) is 15.0 Å². The Balaban J connectivity index is 1.66. The highest BCUT2D eigenvalue weighted by Crippen LogP contribution is 2.19. The lowest BCUT2D eigenvalue weighted by Crippen LogP contribution is -2.34. The van der Waals surface area contributed by atoms with Crippen molar-refractivity contribution < 1.29 is 4.79 Å². The molecule has 4 heterocycles. The van der Waals surface area contributed by atoms with Gasteiger partial charge in [0.25, 0.3) is 11.5 Å². The molecule has 0 N–H and O–H groups in total. The molecule has 3 aromatic heterocycles. The second-order valence-electron chi connectivity index (χ2n) is 5.43. The summed E-state index contributed by atoms with van der Waals surface area (Å²) in [6, 6.07) is 1.87. The minimum absolute atomic E-state index is 0.00303. The lowest BCUT2D eigenvalue weighted by molar-refractivity contribution is 0.0763. The highest BCUT2D eigenvalue weighted by atomic mass is 32.1. The smallest absolute Gasteiger partial charge is 0.271 e. The van der Waals surface area contributed by atoms with Crippen molar-refractivity contribution in [2.24, 2.45) is 0 Å². The number of thiazole rings is 1. The van der Waals surface area contributed by atoms with Gasteiger partial charge in [0.2, 0.25) is 0 Å². The van der Waals surface area contributed by atoms with Crippen molar-refractivity contribution in [3.63, 3.8) is 0 Å². The van der Waals surface area contributed by atoms with E-state index >= 15 is 0 Å². The number of nitrogens with zero attached hydrogens (tertiary/aromatic N) is 4. The lowest BCUT2D eigenvalue weighted by atomic mass is 10.3. The summed E-state index contributed by atoms with van der Waals surface area (Å²) in [5.41, 5.74) is 3.21. The van der Waals surface area contributed by atoms with Gasteiger partial charge in [0.05, 0.1) is 16.7 Å². The first-order valence-electron chi connectivity index (χ1n) is 7.31. The molecule has 8 heteroatoms. The quantitative estimate of drug-likeness (QED) is 0.675. The molecule has 0 unspecified atom stereocenters. The molecule has 0 fully saturated rings. The molecule has 1 amide bonds. The number of hydrogen-bond acceptors (Lipinski definition) is 6. The molecule has 0 saturated carbocycles. The largest absolute Gasteiger partial charge is 0.336 e. The molecule has 6 nitrogen and oxygen atoms in total. The van der Waals surface area contributed by atoms with Crippen LogP contribution in [0.1, 0.15) is 21.2 Å². The van der Waals surface area contributed by atoms with Gasteiger partial charge in [0.15, 0.2) is 0 Å². The summed E-state index contributed by atoms with van der Waals surface area (Å²) in [4.78, 5) is 36.4. The Hall–Kier alpha value is -2.06. The third-order valence-corrected chi connectivity index (χ3v) is 5.88. The zero-order chi connectivity index (χ0) is 16.0. The first-order chi connectivity index (χ1) is 11.1. The van der Waals surface area contributed by atoms with Crippen molar-refractivity contribution in [1.29, 1.82) is 0 Å². The second kappa shape index (κ2) is 5.54. The first-order valence-corrected chi connectivity index (χ1v) is 9.07. The van der Waals surface area contributed by atoms with Crippen LogP contribution < -0.4 is 5.56 Å². The van der Waals surface area contributed by atoms with E-state index in [-0.39, 0.29) is 11.5 Å². The maximum atomic E-state index is 12.6. The number of amides is 1. The molecular weight excluding hydrogens is 332 g/mol. The van der Waals surface area contributed by atoms with Crippen LogP contribution in [0.25, 0.3) is 10.2 Å². The zero-order valence-corrected chi connectivity index (χ0v) is 14.1. The molecule has 3 aromatic rings. The van der Waals surface area contributed by atoms with E-state index in [0.29, 0.717) is 35.6 Å². The molecule has 0 aromatic carbocycles. The number of aryl methyl sites for hydroxylation is 1. The van der Waals surface area contributed by atoms with Gasteiger partial charge < -0.3 is 4.90 Å². The monoisotopic (exact) mass is 346 g/mol. The SMILES string of the molecule is Cc1ncsc1C(=O)N1CCc2nc3ccsc3c(=O)n2CC1. The minimum atomic E-state index is -0.00679. The summed E-state index contributed by atoms with van der Waals surface area (Å²) in [5.74, 6) is 0.755. The van der Waals surface area contributed by atoms with E-state index in [2.05, 4.69) is 9.97 Å². The van der Waals surface area contributed by atoms with Crippen LogP contribution in [0.15, 0.2) is 21.8 Å². The zero-order valence-electron chi connectivity index (χ0n) is 12.5. The number of thiophene rings is 1. The Labute approximate surface area is 140 Å². The molecule has 0 saturated heterocycles. The van der Waals surface area contributed by atoms with Gasteiger partial charge in [0, 0.05) is 26.1 Å². The second-order valence-corrected chi connectivity index (χ2v) is 7.20. The fourth-order valence-corrected chi connectivity index (χ4v) is 4.38. The maximum absolute atomic E-state index is 12.6. The van der Waals surface area contributed by atoms with Crippen molar-refractivity contribution in [1.82, 2.24) is 19.4 Å². The summed E-state index contributed by atoms with van der Waals surface area (Å²) in [7, 11) is 0. The molecule has 0 radical (unpaired) electrons. The molecule has 23 heavy (non-hydrogen) atoms. The van der Waals surface area contributed by atoms with Gasteiger partial charge in [-0.2, -0.15) is 0 Å². The van der Waals surface area contributed by atoms with Crippen molar-refractivity contribution >= 4 is 38.8 Å². The fraction of sp³-hybridized carbons (Fsp3) is 0.333. The van der Waals surface area contributed by atoms with Crippen LogP contribution in [0.2, 0.25) is 0 Å². The van der Waals surface area contributed by atoms with Gasteiger partial charge in [0.1, 0.15) is 15.4 Å². The van der Waals surface area contributed by atoms with Gasteiger partial charge in [-0.05, 0) is 18.4 Å². The third kappa shape index (κ3) is 2.38. The maximum Gasteiger partial charge on any atom is 0.271 e. The van der Waals surface area contributed by atoms with Crippen molar-refractivity contribution in [2.75, 3.05) is 13.1 Å². The molecular formula is C15H14N4O2S2. The highest BCUT2D eigenvalue weighted by Gasteiger charge is 2.24. The third-order valence-electron chi connectivity index (χ3n) is 4.07. The number of aromatic nitrogens is 3. The molecule has 1 aliphatic heterocycles. The fourth-order valence-electron chi connectivity index (χ4n) is 2.83. The molecule has 0 spiro atoms. The standard InChI is InChI=1S/C15H14N4O2S2/c1-9-12(23-8-16-9)14(20)18-4-2-11-17-10-3-7-22-13(10)15(21)19(11)6-5-18/h3,7-8H,2,4-6H2,1H3. The summed E-state index contributed by atoms with van der Waals surface area (Å²) in [6.45, 7) is 3.41. The number of carbonyl (C=O) groups is 1. The summed E-state index contributed by atoms with van der Waals surface area (Å²) in [6.07, 6.45) is 0.588. The average Bonchev–Trinajstić information content (AvgIpc) is 3.11. The predicted octanol–water partition coefficient (Wildman–Crippen LogP) is 1.92. The Morgan fingerprint density at radius 2 is 2.13 bits per heavy atom. The minimum Gasteiger partial charge on any atom is -0.336 e. The van der Waals surface area contributed by atoms with Crippen molar-refractivity contribution in [2.45, 2.75) is 19.9 Å². The first kappa shape index (κ1) is 14.5. The van der Waals surface area contributed by atoms with E-state index in [9.17, 15) is 9.59 Å². The van der Waals surface area contributed by atoms with E-state index in [1.165, 1.54) is 22.7 Å². The number of rotatable bonds is 1. The summed E-state index contributed by atoms with van der Waals surface area (Å²) >= 11 is 2.78. The van der Waals surface area contributed by atoms with Crippen molar-refractivity contribution in [3.05, 3.63) is 43.7 Å². The Morgan fingerprint density at radius 3 is 2.91 bits per heavy atom. The predicted molar refractivity (Wildman–Crippen MR) is 90.3 cm³/mol. The normalized spacial score (nSPS) is 14.7. The highest BCUT2D eigenvalue weighted by molar-refractivity contribution is 7.17. The van der Waals surface area contributed by atoms with Gasteiger partial charge in [-0.1, -0.05) is 0 Å². The van der Waals surface area contributed by atoms with Crippen LogP contribution in [0.4, 0.5) is 0 Å². The lowest BCUT2D eigenvalue weighted by Gasteiger charge is -2.19. The van der Waals surface area contributed by atoms with Crippen LogP contribution in [0.5, 0.6) is 0 Å². The van der Waals surface area contributed by atoms with Crippen LogP contribution >= 0.6 is 22.7 Å². The Bertz CT molecular complexity index is 956. The van der Waals surface area contributed by atoms with Crippen molar-refractivity contribution in [3.8, 4) is 0 Å². The molecule has 0 atom stereocenters. The van der Waals surface area contributed by atoms with Gasteiger partial charge >= 0.3 is 0 Å². The van der Waals surface area contributed by atoms with E-state index < -0.39 is 0 Å². The van der Waals surface area contributed by atoms with E-state index in [0.717, 1.165) is 17.0 Å². The van der Waals surface area contributed by atoms with Crippen LogP contribution in [0.3, 0.4) is 0 Å². The summed E-state index contributed by atoms with van der Waals surface area (Å²) in [5, 5.41) is 1.89. The topological polar surface area (TPSA) is 68.1 Å². The number of fused-ring (bicyclic) bond motifs is 2. The van der Waals surface area contributed by atoms with E-state index in [1.807, 2.05) is 18.4 Å². The molecule has 1 aliphatic rings. The Morgan fingerprint density at radius 1 is 1.26 bits per heavy atom. The molecule has 4 rings (SSSR count). The van der Waals surface area contributed by atoms with Crippen LogP contribution in [0, 0.1) is 6.92 Å². The van der Waals surface area contributed by atoms with Gasteiger partial charge in [-0.15, -0.1) is 22.7 Å². The average molecular weight is 346 g/mol. The Kier molecular flexibility index (Phi) is 3.50. The van der Waals surface area contributed by atoms with Crippen LogP contribution in [-0.2, 0) is 13.0 Å². The van der Waals surface area contributed by atoms with Gasteiger partial charge in [-0.25, -0.2) is 9.97 Å². The molecule has 0 aliphatic carbocycles. The molecule has 118 valence electrons. The van der Waals surface area contributed by atoms with E-state index in [4.69, 9.17) is 0 Å². The van der Waals surface area contributed by atoms with Crippen LogP contribution in [-0.4, -0.2) is 38.4 Å². The molecule has 0 bridgehead atoms. The van der Waals surface area contributed by atoms with Gasteiger partial charge in [-0.3, -0.25) is 14.2 Å². The number of carbonyl (C=O) groups excluding carboxylic acids is 1. The number of hydrogen-bond donors (Lipinski definition) is 0. The summed E-state index contributed by atoms with van der Waals surface area (Å²) < 4.78 is 2.40.